The summed E-state index contributed by atoms with van der Waals surface area (Å²) in [5.41, 5.74) is 1.43. The zero-order chi connectivity index (χ0) is 18.5. The van der Waals surface area contributed by atoms with Gasteiger partial charge in [0.15, 0.2) is 0 Å². The molecule has 0 aliphatic heterocycles. The number of anilines is 3. The van der Waals surface area contributed by atoms with Crippen LogP contribution in [0.1, 0.15) is 21.9 Å². The minimum Gasteiger partial charge on any atom is -0.338 e. The summed E-state index contributed by atoms with van der Waals surface area (Å²) in [5, 5.41) is 14.3. The molecule has 1 heterocycles. The van der Waals surface area contributed by atoms with Gasteiger partial charge in [0.25, 0.3) is 5.91 Å². The number of nitrogens with one attached hydrogen (secondary N) is 2. The molecule has 128 valence electrons. The number of hydrogen-bond acceptors (Lipinski definition) is 5. The van der Waals surface area contributed by atoms with Crippen molar-refractivity contribution in [1.29, 1.82) is 5.26 Å². The summed E-state index contributed by atoms with van der Waals surface area (Å²) < 4.78 is 13.8. The molecule has 0 fully saturated rings. The number of amides is 1. The molecule has 26 heavy (non-hydrogen) atoms. The fourth-order valence-corrected chi connectivity index (χ4v) is 2.27. The molecule has 1 amide bonds. The van der Waals surface area contributed by atoms with E-state index in [0.717, 1.165) is 0 Å². The average Bonchev–Trinajstić information content (AvgIpc) is 2.64. The van der Waals surface area contributed by atoms with Gasteiger partial charge in [0, 0.05) is 11.8 Å². The molecular formula is C19H14FN5O. The number of nitriles is 1. The SMILES string of the molecule is Cc1nc(Nc2ccccc2F)cc(C(=O)Nc2ccc(C#N)cc2)n1. The second-order valence-corrected chi connectivity index (χ2v) is 5.43. The van der Waals surface area contributed by atoms with Gasteiger partial charge in [-0.05, 0) is 43.3 Å². The maximum Gasteiger partial charge on any atom is 0.274 e. The van der Waals surface area contributed by atoms with Gasteiger partial charge in [0.05, 0.1) is 17.3 Å². The van der Waals surface area contributed by atoms with Crippen molar-refractivity contribution in [1.82, 2.24) is 9.97 Å². The first-order valence-corrected chi connectivity index (χ1v) is 7.74. The lowest BCUT2D eigenvalue weighted by Gasteiger charge is -2.10. The van der Waals surface area contributed by atoms with E-state index in [1.165, 1.54) is 12.1 Å². The van der Waals surface area contributed by atoms with Gasteiger partial charge < -0.3 is 10.6 Å². The fourth-order valence-electron chi connectivity index (χ4n) is 2.27. The quantitative estimate of drug-likeness (QED) is 0.749. The molecule has 0 radical (unpaired) electrons. The van der Waals surface area contributed by atoms with Crippen LogP contribution in [-0.4, -0.2) is 15.9 Å². The van der Waals surface area contributed by atoms with E-state index in [9.17, 15) is 9.18 Å². The third-order valence-electron chi connectivity index (χ3n) is 3.48. The molecule has 7 heteroatoms. The minimum atomic E-state index is -0.434. The van der Waals surface area contributed by atoms with Crippen LogP contribution in [0.3, 0.4) is 0 Å². The van der Waals surface area contributed by atoms with Gasteiger partial charge in [0.2, 0.25) is 0 Å². The number of carbonyl (C=O) groups is 1. The number of halogens is 1. The third kappa shape index (κ3) is 3.99. The molecule has 0 saturated carbocycles. The predicted molar refractivity (Wildman–Crippen MR) is 95.6 cm³/mol. The number of hydrogen-bond donors (Lipinski definition) is 2. The zero-order valence-electron chi connectivity index (χ0n) is 13.8. The standard InChI is InChI=1S/C19H14FN5O/c1-12-22-17(19(26)24-14-8-6-13(11-21)7-9-14)10-18(23-12)25-16-5-3-2-4-15(16)20/h2-10H,1H3,(H,24,26)(H,22,23,25). The van der Waals surface area contributed by atoms with E-state index >= 15 is 0 Å². The van der Waals surface area contributed by atoms with E-state index in [-0.39, 0.29) is 11.4 Å². The molecule has 2 aromatic carbocycles. The highest BCUT2D eigenvalue weighted by Gasteiger charge is 2.12. The van der Waals surface area contributed by atoms with E-state index in [1.807, 2.05) is 6.07 Å². The summed E-state index contributed by atoms with van der Waals surface area (Å²) in [6.07, 6.45) is 0. The molecule has 1 aromatic heterocycles. The summed E-state index contributed by atoms with van der Waals surface area (Å²) >= 11 is 0. The molecule has 6 nitrogen and oxygen atoms in total. The third-order valence-corrected chi connectivity index (χ3v) is 3.48. The predicted octanol–water partition coefficient (Wildman–Crippen LogP) is 3.79. The second-order valence-electron chi connectivity index (χ2n) is 5.43. The Balaban J connectivity index is 1.81. The highest BCUT2D eigenvalue weighted by atomic mass is 19.1. The van der Waals surface area contributed by atoms with Crippen molar-refractivity contribution in [2.75, 3.05) is 10.6 Å². The highest BCUT2D eigenvalue weighted by molar-refractivity contribution is 6.03. The Labute approximate surface area is 149 Å². The van der Waals surface area contributed by atoms with Crippen molar-refractivity contribution in [3.8, 4) is 6.07 Å². The first-order valence-electron chi connectivity index (χ1n) is 7.74. The normalized spacial score (nSPS) is 10.0. The van der Waals surface area contributed by atoms with Gasteiger partial charge >= 0.3 is 0 Å². The van der Waals surface area contributed by atoms with Gasteiger partial charge in [-0.25, -0.2) is 14.4 Å². The van der Waals surface area contributed by atoms with Crippen LogP contribution in [0.15, 0.2) is 54.6 Å². The lowest BCUT2D eigenvalue weighted by molar-refractivity contribution is 0.102. The Kier molecular flexibility index (Phi) is 4.85. The zero-order valence-corrected chi connectivity index (χ0v) is 13.8. The molecule has 0 atom stereocenters. The number of aryl methyl sites for hydroxylation is 1. The largest absolute Gasteiger partial charge is 0.338 e. The first-order chi connectivity index (χ1) is 12.5. The van der Waals surface area contributed by atoms with Crippen LogP contribution in [0.2, 0.25) is 0 Å². The molecule has 0 bridgehead atoms. The summed E-state index contributed by atoms with van der Waals surface area (Å²) in [7, 11) is 0. The molecule has 0 spiro atoms. The van der Waals surface area contributed by atoms with Crippen LogP contribution < -0.4 is 10.6 Å². The smallest absolute Gasteiger partial charge is 0.274 e. The number of carbonyl (C=O) groups excluding carboxylic acids is 1. The van der Waals surface area contributed by atoms with Crippen molar-refractivity contribution >= 4 is 23.1 Å². The van der Waals surface area contributed by atoms with Crippen molar-refractivity contribution in [3.05, 3.63) is 77.5 Å². The minimum absolute atomic E-state index is 0.140. The monoisotopic (exact) mass is 347 g/mol. The van der Waals surface area contributed by atoms with Crippen LogP contribution in [0.25, 0.3) is 0 Å². The van der Waals surface area contributed by atoms with Crippen molar-refractivity contribution in [3.63, 3.8) is 0 Å². The number of rotatable bonds is 4. The van der Waals surface area contributed by atoms with E-state index < -0.39 is 11.7 Å². The maximum atomic E-state index is 13.8. The van der Waals surface area contributed by atoms with Crippen LogP contribution in [0, 0.1) is 24.1 Å². The first kappa shape index (κ1) is 17.0. The molecule has 0 unspecified atom stereocenters. The Morgan fingerprint density at radius 2 is 1.85 bits per heavy atom. The van der Waals surface area contributed by atoms with Crippen LogP contribution in [0.5, 0.6) is 0 Å². The maximum absolute atomic E-state index is 13.8. The molecule has 0 saturated heterocycles. The Hall–Kier alpha value is -3.79. The van der Waals surface area contributed by atoms with E-state index in [2.05, 4.69) is 20.6 Å². The van der Waals surface area contributed by atoms with Gasteiger partial charge in [0.1, 0.15) is 23.2 Å². The Bertz CT molecular complexity index is 996. The number of aromatic nitrogens is 2. The van der Waals surface area contributed by atoms with Crippen molar-refractivity contribution in [2.45, 2.75) is 6.92 Å². The molecule has 0 aliphatic rings. The van der Waals surface area contributed by atoms with E-state index in [1.54, 1.807) is 49.4 Å². The summed E-state index contributed by atoms with van der Waals surface area (Å²) in [6.45, 7) is 1.64. The second kappa shape index (κ2) is 7.40. The Morgan fingerprint density at radius 3 is 2.54 bits per heavy atom. The summed E-state index contributed by atoms with van der Waals surface area (Å²) in [5.74, 6) is -0.173. The van der Waals surface area contributed by atoms with Crippen LogP contribution in [-0.2, 0) is 0 Å². The number of benzene rings is 2. The number of para-hydroxylation sites is 1. The fraction of sp³-hybridized carbons (Fsp3) is 0.0526. The van der Waals surface area contributed by atoms with Gasteiger partial charge in [-0.2, -0.15) is 5.26 Å². The molecule has 3 aromatic rings. The molecule has 0 aliphatic carbocycles. The molecule has 3 rings (SSSR count). The Morgan fingerprint density at radius 1 is 1.12 bits per heavy atom. The van der Waals surface area contributed by atoms with Gasteiger partial charge in [-0.3, -0.25) is 4.79 Å². The highest BCUT2D eigenvalue weighted by Crippen LogP contribution is 2.19. The summed E-state index contributed by atoms with van der Waals surface area (Å²) in [4.78, 5) is 20.7. The van der Waals surface area contributed by atoms with Crippen LogP contribution >= 0.6 is 0 Å². The number of nitrogens with zero attached hydrogens (tertiary/aromatic N) is 3. The summed E-state index contributed by atoms with van der Waals surface area (Å²) in [6, 6.07) is 16.1. The molecular weight excluding hydrogens is 333 g/mol. The van der Waals surface area contributed by atoms with E-state index in [0.29, 0.717) is 22.9 Å². The van der Waals surface area contributed by atoms with Gasteiger partial charge in [-0.1, -0.05) is 12.1 Å². The van der Waals surface area contributed by atoms with Gasteiger partial charge in [-0.15, -0.1) is 0 Å². The lowest BCUT2D eigenvalue weighted by atomic mass is 10.2. The van der Waals surface area contributed by atoms with E-state index in [4.69, 9.17) is 5.26 Å². The molecule has 2 N–H and O–H groups in total. The van der Waals surface area contributed by atoms with Crippen molar-refractivity contribution < 1.29 is 9.18 Å². The van der Waals surface area contributed by atoms with Crippen LogP contribution in [0.4, 0.5) is 21.6 Å². The average molecular weight is 347 g/mol. The van der Waals surface area contributed by atoms with Crippen molar-refractivity contribution in [2.24, 2.45) is 0 Å². The lowest BCUT2D eigenvalue weighted by Crippen LogP contribution is -2.15. The topological polar surface area (TPSA) is 90.7 Å².